The third-order valence-electron chi connectivity index (χ3n) is 6.47. The SMILES string of the molecule is CCn1cc(C(F)(F)F)nc1-c1ccc(NC2CCCn3nc(-c4c(Cl)cnn4C(C)C)cc32)cc1F. The molecule has 0 aliphatic carbocycles. The highest BCUT2D eigenvalue weighted by Crippen LogP contribution is 2.36. The number of hydrogen-bond acceptors (Lipinski definition) is 4. The van der Waals surface area contributed by atoms with E-state index in [1.54, 1.807) is 19.2 Å². The Hall–Kier alpha value is -3.34. The second-order valence-electron chi connectivity index (χ2n) is 9.32. The maximum Gasteiger partial charge on any atom is 0.434 e. The molecule has 3 aromatic heterocycles. The molecule has 0 saturated heterocycles. The third kappa shape index (κ3) is 4.72. The van der Waals surface area contributed by atoms with E-state index in [9.17, 15) is 13.2 Å². The van der Waals surface area contributed by atoms with Gasteiger partial charge in [-0.3, -0.25) is 9.36 Å². The number of imidazole rings is 1. The first-order valence-electron chi connectivity index (χ1n) is 12.1. The molecule has 4 heterocycles. The van der Waals surface area contributed by atoms with Crippen LogP contribution in [0.15, 0.2) is 36.7 Å². The Bertz CT molecular complexity index is 1430. The molecule has 1 aliphatic rings. The summed E-state index contributed by atoms with van der Waals surface area (Å²) in [5, 5.41) is 13.0. The third-order valence-corrected chi connectivity index (χ3v) is 6.75. The number of nitrogens with zero attached hydrogens (tertiary/aromatic N) is 6. The summed E-state index contributed by atoms with van der Waals surface area (Å²) in [6, 6.07) is 6.34. The summed E-state index contributed by atoms with van der Waals surface area (Å²) in [6.45, 7) is 6.69. The van der Waals surface area contributed by atoms with Crippen LogP contribution >= 0.6 is 11.6 Å². The molecule has 0 spiro atoms. The van der Waals surface area contributed by atoms with Crippen LogP contribution < -0.4 is 5.32 Å². The van der Waals surface area contributed by atoms with Crippen molar-refractivity contribution in [3.05, 3.63) is 58.9 Å². The Kier molecular flexibility index (Phi) is 6.51. The molecular formula is C25H26ClF4N7. The predicted octanol–water partition coefficient (Wildman–Crippen LogP) is 6.97. The van der Waals surface area contributed by atoms with E-state index < -0.39 is 17.7 Å². The van der Waals surface area contributed by atoms with E-state index in [-0.39, 0.29) is 30.0 Å². The van der Waals surface area contributed by atoms with Crippen LogP contribution in [0.3, 0.4) is 0 Å². The van der Waals surface area contributed by atoms with Crippen LogP contribution in [0, 0.1) is 5.82 Å². The summed E-state index contributed by atoms with van der Waals surface area (Å²) in [4.78, 5) is 3.66. The monoisotopic (exact) mass is 535 g/mol. The van der Waals surface area contributed by atoms with Gasteiger partial charge in [0.15, 0.2) is 5.69 Å². The average molecular weight is 536 g/mol. The number of anilines is 1. The van der Waals surface area contributed by atoms with E-state index in [1.807, 2.05) is 29.3 Å². The maximum absolute atomic E-state index is 15.1. The van der Waals surface area contributed by atoms with Crippen LogP contribution in [0.2, 0.25) is 5.02 Å². The largest absolute Gasteiger partial charge is 0.434 e. The van der Waals surface area contributed by atoms with Gasteiger partial charge in [-0.05, 0) is 57.9 Å². The molecule has 0 amide bonds. The van der Waals surface area contributed by atoms with Crippen LogP contribution in [0.25, 0.3) is 22.8 Å². The topological polar surface area (TPSA) is 65.5 Å². The molecule has 7 nitrogen and oxygen atoms in total. The van der Waals surface area contributed by atoms with Gasteiger partial charge in [0.05, 0.1) is 28.5 Å². The Morgan fingerprint density at radius 1 is 1.22 bits per heavy atom. The van der Waals surface area contributed by atoms with Crippen LogP contribution in [0.5, 0.6) is 0 Å². The second kappa shape index (κ2) is 9.51. The number of nitrogens with one attached hydrogen (secondary N) is 1. The average Bonchev–Trinajstić information content (AvgIpc) is 3.55. The molecule has 1 atom stereocenters. The van der Waals surface area contributed by atoms with E-state index in [2.05, 4.69) is 15.4 Å². The first-order chi connectivity index (χ1) is 17.6. The molecule has 0 fully saturated rings. The smallest absolute Gasteiger partial charge is 0.377 e. The lowest BCUT2D eigenvalue weighted by atomic mass is 10.0. The molecule has 37 heavy (non-hydrogen) atoms. The number of halogens is 5. The van der Waals surface area contributed by atoms with E-state index in [0.717, 1.165) is 37.0 Å². The second-order valence-corrected chi connectivity index (χ2v) is 9.73. The van der Waals surface area contributed by atoms with Crippen LogP contribution in [-0.4, -0.2) is 29.1 Å². The van der Waals surface area contributed by atoms with Gasteiger partial charge in [-0.1, -0.05) is 11.6 Å². The summed E-state index contributed by atoms with van der Waals surface area (Å²) in [7, 11) is 0. The van der Waals surface area contributed by atoms with Crippen molar-refractivity contribution in [1.29, 1.82) is 0 Å². The van der Waals surface area contributed by atoms with Gasteiger partial charge in [0.2, 0.25) is 0 Å². The summed E-state index contributed by atoms with van der Waals surface area (Å²) in [5.41, 5.74) is 1.88. The molecule has 1 aromatic carbocycles. The number of benzene rings is 1. The number of rotatable bonds is 6. The zero-order valence-electron chi connectivity index (χ0n) is 20.5. The lowest BCUT2D eigenvalue weighted by molar-refractivity contribution is -0.140. The van der Waals surface area contributed by atoms with Crippen molar-refractivity contribution >= 4 is 17.3 Å². The molecule has 196 valence electrons. The van der Waals surface area contributed by atoms with Crippen molar-refractivity contribution in [2.75, 3.05) is 5.32 Å². The van der Waals surface area contributed by atoms with Gasteiger partial charge in [0.25, 0.3) is 0 Å². The summed E-state index contributed by atoms with van der Waals surface area (Å²) in [5.74, 6) is -0.713. The van der Waals surface area contributed by atoms with Crippen LogP contribution in [0.1, 0.15) is 57.1 Å². The number of alkyl halides is 3. The lowest BCUT2D eigenvalue weighted by Gasteiger charge is -2.25. The van der Waals surface area contributed by atoms with Gasteiger partial charge in [-0.25, -0.2) is 9.37 Å². The first kappa shape index (κ1) is 25.3. The molecule has 1 unspecified atom stereocenters. The summed E-state index contributed by atoms with van der Waals surface area (Å²) < 4.78 is 59.7. The van der Waals surface area contributed by atoms with Crippen LogP contribution in [-0.2, 0) is 19.3 Å². The number of aromatic nitrogens is 6. The Morgan fingerprint density at radius 3 is 2.68 bits per heavy atom. The van der Waals surface area contributed by atoms with Gasteiger partial charge in [-0.15, -0.1) is 0 Å². The molecule has 0 radical (unpaired) electrons. The molecule has 1 N–H and O–H groups in total. The molecule has 0 saturated carbocycles. The minimum Gasteiger partial charge on any atom is -0.377 e. The minimum absolute atomic E-state index is 0.00969. The Morgan fingerprint density at radius 2 is 2.00 bits per heavy atom. The maximum atomic E-state index is 15.1. The van der Waals surface area contributed by atoms with Gasteiger partial charge >= 0.3 is 6.18 Å². The molecule has 0 bridgehead atoms. The van der Waals surface area contributed by atoms with E-state index in [1.165, 1.54) is 16.7 Å². The van der Waals surface area contributed by atoms with Gasteiger partial charge in [0.1, 0.15) is 23.0 Å². The number of hydrogen-bond donors (Lipinski definition) is 1. The quantitative estimate of drug-likeness (QED) is 0.271. The molecule has 4 aromatic rings. The van der Waals surface area contributed by atoms with Crippen molar-refractivity contribution < 1.29 is 17.6 Å². The highest BCUT2D eigenvalue weighted by atomic mass is 35.5. The van der Waals surface area contributed by atoms with Crippen molar-refractivity contribution in [3.63, 3.8) is 0 Å². The zero-order valence-corrected chi connectivity index (χ0v) is 21.3. The molecule has 5 rings (SSSR count). The molecule has 1 aliphatic heterocycles. The fourth-order valence-electron chi connectivity index (χ4n) is 4.71. The summed E-state index contributed by atoms with van der Waals surface area (Å²) >= 11 is 6.42. The standard InChI is InChI=1S/C25H26ClF4N7/c1-4-35-13-22(25(28,29)30)33-24(35)16-8-7-15(10-18(16)27)32-19-6-5-9-36-21(19)11-20(34-36)23-17(26)12-31-37(23)14(2)3/h7-8,10-14,19,32H,4-6,9H2,1-3H3. The summed E-state index contributed by atoms with van der Waals surface area (Å²) in [6.07, 6.45) is -0.415. The Balaban J connectivity index is 1.43. The van der Waals surface area contributed by atoms with Gasteiger partial charge in [-0.2, -0.15) is 23.4 Å². The fraction of sp³-hybridized carbons (Fsp3) is 0.400. The van der Waals surface area contributed by atoms with E-state index in [4.69, 9.17) is 16.7 Å². The fourth-order valence-corrected chi connectivity index (χ4v) is 4.94. The Labute approximate surface area is 216 Å². The zero-order chi connectivity index (χ0) is 26.5. The van der Waals surface area contributed by atoms with Gasteiger partial charge in [0, 0.05) is 31.0 Å². The van der Waals surface area contributed by atoms with Crippen molar-refractivity contribution in [2.45, 2.75) is 65.0 Å². The number of aryl methyl sites for hydroxylation is 2. The molecule has 12 heteroatoms. The van der Waals surface area contributed by atoms with Gasteiger partial charge < -0.3 is 9.88 Å². The minimum atomic E-state index is -4.60. The molecular weight excluding hydrogens is 510 g/mol. The van der Waals surface area contributed by atoms with Crippen molar-refractivity contribution in [1.82, 2.24) is 29.1 Å². The highest BCUT2D eigenvalue weighted by Gasteiger charge is 2.35. The predicted molar refractivity (Wildman–Crippen MR) is 133 cm³/mol. The van der Waals surface area contributed by atoms with Crippen molar-refractivity contribution in [3.8, 4) is 22.8 Å². The van der Waals surface area contributed by atoms with Crippen LogP contribution in [0.4, 0.5) is 23.2 Å². The first-order valence-corrected chi connectivity index (χ1v) is 12.5. The van der Waals surface area contributed by atoms with E-state index >= 15 is 4.39 Å². The van der Waals surface area contributed by atoms with E-state index in [0.29, 0.717) is 16.4 Å². The lowest BCUT2D eigenvalue weighted by Crippen LogP contribution is -2.21. The van der Waals surface area contributed by atoms with Crippen molar-refractivity contribution in [2.24, 2.45) is 0 Å². The normalized spacial score (nSPS) is 15.9. The highest BCUT2D eigenvalue weighted by molar-refractivity contribution is 6.32. The number of fused-ring (bicyclic) bond motifs is 1.